The van der Waals surface area contributed by atoms with E-state index in [4.69, 9.17) is 5.73 Å². The quantitative estimate of drug-likeness (QED) is 0.670. The summed E-state index contributed by atoms with van der Waals surface area (Å²) in [5, 5.41) is 0. The highest BCUT2D eigenvalue weighted by Crippen LogP contribution is 1.96. The Hall–Kier alpha value is -1.69. The van der Waals surface area contributed by atoms with Crippen LogP contribution in [-0.4, -0.2) is 29.2 Å². The van der Waals surface area contributed by atoms with Gasteiger partial charge in [-0.3, -0.25) is 4.57 Å². The molecule has 0 aromatic carbocycles. The summed E-state index contributed by atoms with van der Waals surface area (Å²) >= 11 is 0. The zero-order valence-electron chi connectivity index (χ0n) is 8.47. The Morgan fingerprint density at radius 1 is 1.67 bits per heavy atom. The molecule has 1 rings (SSSR count). The number of hydrogen-bond donors (Lipinski definition) is 1. The Kier molecular flexibility index (Phi) is 3.99. The molecule has 0 spiro atoms. The number of hydrogen-bond acceptors (Lipinski definition) is 5. The second-order valence-electron chi connectivity index (χ2n) is 2.95. The Labute approximate surface area is 86.7 Å². The third kappa shape index (κ3) is 2.88. The van der Waals surface area contributed by atoms with Crippen molar-refractivity contribution < 1.29 is 9.53 Å². The summed E-state index contributed by atoms with van der Waals surface area (Å²) in [6.07, 6.45) is 3.29. The van der Waals surface area contributed by atoms with E-state index in [1.54, 1.807) is 0 Å². The molecule has 0 aliphatic heterocycles. The zero-order chi connectivity index (χ0) is 11.3. The fourth-order valence-corrected chi connectivity index (χ4v) is 1.10. The highest BCUT2D eigenvalue weighted by molar-refractivity contribution is 5.88. The van der Waals surface area contributed by atoms with Crippen LogP contribution >= 0.6 is 0 Å². The van der Waals surface area contributed by atoms with Crippen LogP contribution in [-0.2, 0) is 11.3 Å². The topological polar surface area (TPSA) is 87.2 Å². The molecule has 0 aliphatic carbocycles. The second kappa shape index (κ2) is 5.26. The molecule has 0 bridgehead atoms. The molecule has 0 fully saturated rings. The van der Waals surface area contributed by atoms with E-state index in [2.05, 4.69) is 9.72 Å². The molecule has 0 atom stereocenters. The summed E-state index contributed by atoms with van der Waals surface area (Å²) in [7, 11) is 1.28. The van der Waals surface area contributed by atoms with Gasteiger partial charge >= 0.3 is 11.7 Å². The van der Waals surface area contributed by atoms with Crippen LogP contribution in [0.2, 0.25) is 0 Å². The minimum atomic E-state index is -0.510. The van der Waals surface area contributed by atoms with Crippen molar-refractivity contribution >= 4 is 5.97 Å². The lowest BCUT2D eigenvalue weighted by Crippen LogP contribution is -2.25. The van der Waals surface area contributed by atoms with Gasteiger partial charge in [-0.25, -0.2) is 14.6 Å². The summed E-state index contributed by atoms with van der Waals surface area (Å²) in [6.45, 7) is 0.933. The molecule has 0 unspecified atom stereocenters. The minimum absolute atomic E-state index is 0.258. The van der Waals surface area contributed by atoms with Crippen molar-refractivity contribution in [3.63, 3.8) is 0 Å². The third-order valence-electron chi connectivity index (χ3n) is 1.88. The molecule has 6 heteroatoms. The van der Waals surface area contributed by atoms with E-state index in [0.717, 1.165) is 0 Å². The summed E-state index contributed by atoms with van der Waals surface area (Å²) in [4.78, 5) is 26.0. The number of carbonyl (C=O) groups is 1. The number of carbonyl (C=O) groups excluding carboxylic acids is 1. The van der Waals surface area contributed by atoms with Crippen LogP contribution in [0.25, 0.3) is 0 Å². The van der Waals surface area contributed by atoms with Gasteiger partial charge in [0.2, 0.25) is 0 Å². The van der Waals surface area contributed by atoms with E-state index in [-0.39, 0.29) is 5.56 Å². The van der Waals surface area contributed by atoms with Crippen LogP contribution in [0.15, 0.2) is 17.2 Å². The zero-order valence-corrected chi connectivity index (χ0v) is 8.47. The van der Waals surface area contributed by atoms with E-state index in [9.17, 15) is 9.59 Å². The highest BCUT2D eigenvalue weighted by atomic mass is 16.5. The Bertz CT molecular complexity index is 400. The van der Waals surface area contributed by atoms with Crippen molar-refractivity contribution in [3.05, 3.63) is 28.4 Å². The number of aryl methyl sites for hydroxylation is 1. The maximum Gasteiger partial charge on any atom is 0.347 e. The molecule has 15 heavy (non-hydrogen) atoms. The number of aromatic nitrogens is 2. The van der Waals surface area contributed by atoms with Gasteiger partial charge in [0, 0.05) is 18.9 Å². The normalized spacial score (nSPS) is 10.0. The molecule has 6 nitrogen and oxygen atoms in total. The molecule has 1 aromatic rings. The average molecular weight is 211 g/mol. The fraction of sp³-hybridized carbons (Fsp3) is 0.444. The van der Waals surface area contributed by atoms with Gasteiger partial charge in [0.25, 0.3) is 0 Å². The molecule has 2 N–H and O–H groups in total. The maximum absolute atomic E-state index is 11.2. The first-order chi connectivity index (χ1) is 7.19. The van der Waals surface area contributed by atoms with Crippen LogP contribution in [0.4, 0.5) is 0 Å². The molecule has 0 saturated carbocycles. The molecular weight excluding hydrogens is 198 g/mol. The summed E-state index contributed by atoms with van der Waals surface area (Å²) in [5.41, 5.74) is 5.19. The van der Waals surface area contributed by atoms with E-state index in [1.165, 1.54) is 24.1 Å². The number of methoxy groups -OCH3 is 1. The van der Waals surface area contributed by atoms with Crippen molar-refractivity contribution in [2.75, 3.05) is 13.7 Å². The van der Waals surface area contributed by atoms with E-state index in [1.807, 2.05) is 0 Å². The van der Waals surface area contributed by atoms with E-state index in [0.29, 0.717) is 19.5 Å². The molecule has 1 aromatic heterocycles. The van der Waals surface area contributed by atoms with Gasteiger partial charge in [-0.1, -0.05) is 0 Å². The third-order valence-corrected chi connectivity index (χ3v) is 1.88. The monoisotopic (exact) mass is 211 g/mol. The first-order valence-corrected chi connectivity index (χ1v) is 4.54. The smallest absolute Gasteiger partial charge is 0.347 e. The lowest BCUT2D eigenvalue weighted by molar-refractivity contribution is 0.0599. The Morgan fingerprint density at radius 3 is 3.00 bits per heavy atom. The van der Waals surface area contributed by atoms with Gasteiger partial charge in [0.05, 0.1) is 12.7 Å². The van der Waals surface area contributed by atoms with Crippen molar-refractivity contribution in [2.45, 2.75) is 13.0 Å². The molecular formula is C9H13N3O3. The molecule has 82 valence electrons. The predicted octanol–water partition coefficient (Wildman–Crippen LogP) is -0.621. The first kappa shape index (κ1) is 11.4. The lowest BCUT2D eigenvalue weighted by Gasteiger charge is -2.05. The maximum atomic E-state index is 11.2. The molecule has 0 aliphatic rings. The first-order valence-electron chi connectivity index (χ1n) is 4.54. The van der Waals surface area contributed by atoms with Gasteiger partial charge < -0.3 is 10.5 Å². The van der Waals surface area contributed by atoms with E-state index < -0.39 is 11.7 Å². The van der Waals surface area contributed by atoms with Gasteiger partial charge in [-0.15, -0.1) is 0 Å². The van der Waals surface area contributed by atoms with Crippen LogP contribution in [0, 0.1) is 0 Å². The number of nitrogens with zero attached hydrogens (tertiary/aromatic N) is 2. The van der Waals surface area contributed by atoms with Crippen LogP contribution in [0.1, 0.15) is 16.8 Å². The average Bonchev–Trinajstić information content (AvgIpc) is 2.27. The van der Waals surface area contributed by atoms with Crippen molar-refractivity contribution in [1.82, 2.24) is 9.55 Å². The SMILES string of the molecule is COC(=O)c1cnc(=O)n(CCCN)c1. The predicted molar refractivity (Wildman–Crippen MR) is 53.5 cm³/mol. The number of esters is 1. The number of ether oxygens (including phenoxy) is 1. The van der Waals surface area contributed by atoms with Gasteiger partial charge in [-0.05, 0) is 13.0 Å². The van der Waals surface area contributed by atoms with E-state index >= 15 is 0 Å². The van der Waals surface area contributed by atoms with Crippen LogP contribution in [0.5, 0.6) is 0 Å². The highest BCUT2D eigenvalue weighted by Gasteiger charge is 2.07. The minimum Gasteiger partial charge on any atom is -0.465 e. The molecule has 1 heterocycles. The van der Waals surface area contributed by atoms with Crippen molar-refractivity contribution in [2.24, 2.45) is 5.73 Å². The fourth-order valence-electron chi connectivity index (χ4n) is 1.10. The molecule has 0 saturated heterocycles. The van der Waals surface area contributed by atoms with Crippen molar-refractivity contribution in [3.8, 4) is 0 Å². The largest absolute Gasteiger partial charge is 0.465 e. The van der Waals surface area contributed by atoms with Crippen molar-refractivity contribution in [1.29, 1.82) is 0 Å². The number of nitrogens with two attached hydrogens (primary N) is 1. The Morgan fingerprint density at radius 2 is 2.40 bits per heavy atom. The van der Waals surface area contributed by atoms with Crippen LogP contribution in [0.3, 0.4) is 0 Å². The summed E-state index contributed by atoms with van der Waals surface area (Å²) in [5.74, 6) is -0.510. The molecule has 0 amide bonds. The lowest BCUT2D eigenvalue weighted by atomic mass is 10.3. The van der Waals surface area contributed by atoms with Gasteiger partial charge in [-0.2, -0.15) is 0 Å². The van der Waals surface area contributed by atoms with Gasteiger partial charge in [0.1, 0.15) is 0 Å². The standard InChI is InChI=1S/C9H13N3O3/c1-15-8(13)7-5-11-9(14)12(6-7)4-2-3-10/h5-6H,2-4,10H2,1H3. The summed E-state index contributed by atoms with van der Waals surface area (Å²) in [6, 6.07) is 0. The Balaban J connectivity index is 2.95. The van der Waals surface area contributed by atoms with Crippen LogP contribution < -0.4 is 11.4 Å². The van der Waals surface area contributed by atoms with Gasteiger partial charge in [0.15, 0.2) is 0 Å². The number of rotatable bonds is 4. The summed E-state index contributed by atoms with van der Waals surface area (Å²) < 4.78 is 5.86. The second-order valence-corrected chi connectivity index (χ2v) is 2.95. The molecule has 0 radical (unpaired) electrons.